The summed E-state index contributed by atoms with van der Waals surface area (Å²) in [4.78, 5) is 0. The zero-order valence-corrected chi connectivity index (χ0v) is 7.70. The molecule has 0 heterocycles. The highest BCUT2D eigenvalue weighted by molar-refractivity contribution is 5.93. The van der Waals surface area contributed by atoms with Crippen molar-refractivity contribution in [2.75, 3.05) is 11.9 Å². The van der Waals surface area contributed by atoms with E-state index in [1.807, 2.05) is 30.3 Å². The second-order valence-electron chi connectivity index (χ2n) is 2.77. The van der Waals surface area contributed by atoms with Crippen LogP contribution in [0, 0.1) is 5.41 Å². The van der Waals surface area contributed by atoms with Crippen LogP contribution in [0.5, 0.6) is 0 Å². The van der Waals surface area contributed by atoms with Crippen molar-refractivity contribution < 1.29 is 5.11 Å². The number of anilines is 1. The summed E-state index contributed by atoms with van der Waals surface area (Å²) in [6.45, 7) is -0.308. The average molecular weight is 191 g/mol. The summed E-state index contributed by atoms with van der Waals surface area (Å²) in [7, 11) is 0. The quantitative estimate of drug-likeness (QED) is 0.534. The van der Waals surface area contributed by atoms with Gasteiger partial charge < -0.3 is 21.6 Å². The van der Waals surface area contributed by atoms with E-state index in [-0.39, 0.29) is 12.3 Å². The Labute approximate surface area is 82.6 Å². The summed E-state index contributed by atoms with van der Waals surface area (Å²) in [5.74, 6) is 0.343. The fraction of sp³-hybridized carbons (Fsp3) is 0.100. The van der Waals surface area contributed by atoms with E-state index >= 15 is 0 Å². The highest BCUT2D eigenvalue weighted by atomic mass is 16.3. The van der Waals surface area contributed by atoms with Crippen molar-refractivity contribution in [1.29, 1.82) is 5.41 Å². The molecule has 0 fully saturated rings. The molecular weight excluding hydrogens is 178 g/mol. The molecule has 0 saturated carbocycles. The number of rotatable bonds is 4. The minimum Gasteiger partial charge on any atom is -0.390 e. The molecule has 0 aliphatic rings. The van der Waals surface area contributed by atoms with Crippen LogP contribution in [0.25, 0.3) is 0 Å². The lowest BCUT2D eigenvalue weighted by Crippen LogP contribution is -2.12. The maximum absolute atomic E-state index is 8.60. The summed E-state index contributed by atoms with van der Waals surface area (Å²) in [5, 5.41) is 18.7. The summed E-state index contributed by atoms with van der Waals surface area (Å²) >= 11 is 0. The van der Waals surface area contributed by atoms with Crippen LogP contribution in [0.15, 0.2) is 42.2 Å². The van der Waals surface area contributed by atoms with Crippen molar-refractivity contribution in [2.45, 2.75) is 0 Å². The Hall–Kier alpha value is -1.81. The molecule has 5 N–H and O–H groups in total. The number of nitrogens with two attached hydrogens (primary N) is 1. The normalized spacial score (nSPS) is 11.1. The number of hydrogen-bond donors (Lipinski definition) is 4. The molecule has 14 heavy (non-hydrogen) atoms. The molecule has 0 aliphatic carbocycles. The average Bonchev–Trinajstić information content (AvgIpc) is 2.19. The van der Waals surface area contributed by atoms with Crippen LogP contribution in [0.2, 0.25) is 0 Å². The number of aliphatic hydroxyl groups is 1. The van der Waals surface area contributed by atoms with Gasteiger partial charge in [-0.05, 0) is 12.1 Å². The van der Waals surface area contributed by atoms with Crippen molar-refractivity contribution in [1.82, 2.24) is 0 Å². The first-order chi connectivity index (χ1) is 6.72. The van der Waals surface area contributed by atoms with Gasteiger partial charge in [0.15, 0.2) is 0 Å². The minimum absolute atomic E-state index is 0.0749. The minimum atomic E-state index is -0.308. The Balaban J connectivity index is 2.61. The molecular formula is C10H13N3O. The van der Waals surface area contributed by atoms with E-state index in [0.29, 0.717) is 5.82 Å². The Morgan fingerprint density at radius 2 is 2.07 bits per heavy atom. The van der Waals surface area contributed by atoms with Gasteiger partial charge in [-0.15, -0.1) is 0 Å². The molecule has 0 bridgehead atoms. The Bertz CT molecular complexity index is 332. The van der Waals surface area contributed by atoms with Crippen molar-refractivity contribution in [3.8, 4) is 0 Å². The lowest BCUT2D eigenvalue weighted by molar-refractivity contribution is 0.357. The molecule has 0 unspecified atom stereocenters. The number of para-hydroxylation sites is 1. The van der Waals surface area contributed by atoms with Crippen LogP contribution in [0.4, 0.5) is 5.69 Å². The highest BCUT2D eigenvalue weighted by Gasteiger charge is 1.93. The van der Waals surface area contributed by atoms with Crippen molar-refractivity contribution in [3.05, 3.63) is 42.2 Å². The standard InChI is InChI=1S/C10H13N3O/c11-8(7-14)6-10(12)13-9-4-2-1-3-5-9/h1-6,11,13-14H,7,12H2/b10-6-,11-8?. The van der Waals surface area contributed by atoms with Crippen LogP contribution in [0.1, 0.15) is 0 Å². The molecule has 0 aliphatic heterocycles. The molecule has 0 saturated heterocycles. The summed E-state index contributed by atoms with van der Waals surface area (Å²) < 4.78 is 0. The molecule has 0 spiro atoms. The van der Waals surface area contributed by atoms with E-state index in [9.17, 15) is 0 Å². The Kier molecular flexibility index (Phi) is 3.69. The molecule has 1 aromatic carbocycles. The monoisotopic (exact) mass is 191 g/mol. The van der Waals surface area contributed by atoms with Gasteiger partial charge in [0.05, 0.1) is 12.3 Å². The van der Waals surface area contributed by atoms with Crippen molar-refractivity contribution >= 4 is 11.4 Å². The van der Waals surface area contributed by atoms with Crippen LogP contribution >= 0.6 is 0 Å². The Morgan fingerprint density at radius 3 is 2.64 bits per heavy atom. The lowest BCUT2D eigenvalue weighted by Gasteiger charge is -2.05. The molecule has 4 nitrogen and oxygen atoms in total. The fourth-order valence-corrected chi connectivity index (χ4v) is 0.958. The van der Waals surface area contributed by atoms with Gasteiger partial charge in [-0.1, -0.05) is 18.2 Å². The van der Waals surface area contributed by atoms with Crippen LogP contribution in [-0.2, 0) is 0 Å². The molecule has 0 amide bonds. The first-order valence-corrected chi connectivity index (χ1v) is 4.20. The number of hydrogen-bond acceptors (Lipinski definition) is 4. The predicted molar refractivity (Wildman–Crippen MR) is 57.1 cm³/mol. The van der Waals surface area contributed by atoms with Gasteiger partial charge in [0.25, 0.3) is 0 Å². The van der Waals surface area contributed by atoms with Gasteiger partial charge in [0, 0.05) is 11.8 Å². The van der Waals surface area contributed by atoms with E-state index in [0.717, 1.165) is 5.69 Å². The summed E-state index contributed by atoms with van der Waals surface area (Å²) in [6, 6.07) is 9.40. The largest absolute Gasteiger partial charge is 0.390 e. The number of benzene rings is 1. The lowest BCUT2D eigenvalue weighted by atomic mass is 10.3. The van der Waals surface area contributed by atoms with Crippen LogP contribution in [0.3, 0.4) is 0 Å². The molecule has 1 rings (SSSR count). The van der Waals surface area contributed by atoms with Gasteiger partial charge >= 0.3 is 0 Å². The molecule has 1 aromatic rings. The topological polar surface area (TPSA) is 82.1 Å². The predicted octanol–water partition coefficient (Wildman–Crippen LogP) is 0.911. The fourth-order valence-electron chi connectivity index (χ4n) is 0.958. The van der Waals surface area contributed by atoms with Gasteiger partial charge in [0.2, 0.25) is 0 Å². The molecule has 74 valence electrons. The van der Waals surface area contributed by atoms with Crippen molar-refractivity contribution in [2.24, 2.45) is 5.73 Å². The van der Waals surface area contributed by atoms with Gasteiger partial charge in [-0.2, -0.15) is 0 Å². The molecule has 0 atom stereocenters. The first-order valence-electron chi connectivity index (χ1n) is 4.20. The van der Waals surface area contributed by atoms with E-state index in [2.05, 4.69) is 5.32 Å². The zero-order chi connectivity index (χ0) is 10.4. The zero-order valence-electron chi connectivity index (χ0n) is 7.70. The SMILES string of the molecule is N=C(/C=C(/N)Nc1ccccc1)CO. The van der Waals surface area contributed by atoms with Crippen molar-refractivity contribution in [3.63, 3.8) is 0 Å². The third kappa shape index (κ3) is 3.28. The molecule has 0 aromatic heterocycles. The Morgan fingerprint density at radius 1 is 1.43 bits per heavy atom. The maximum Gasteiger partial charge on any atom is 0.102 e. The second-order valence-corrected chi connectivity index (χ2v) is 2.77. The third-order valence-corrected chi connectivity index (χ3v) is 1.56. The van der Waals surface area contributed by atoms with Crippen LogP contribution < -0.4 is 11.1 Å². The van der Waals surface area contributed by atoms with E-state index in [4.69, 9.17) is 16.2 Å². The molecule has 4 heteroatoms. The van der Waals surface area contributed by atoms with Gasteiger partial charge in [0.1, 0.15) is 5.82 Å². The maximum atomic E-state index is 8.60. The number of nitrogens with one attached hydrogen (secondary N) is 2. The van der Waals surface area contributed by atoms with E-state index < -0.39 is 0 Å². The van der Waals surface area contributed by atoms with E-state index in [1.54, 1.807) is 0 Å². The number of aliphatic hydroxyl groups excluding tert-OH is 1. The summed E-state index contributed by atoms with van der Waals surface area (Å²) in [6.07, 6.45) is 1.38. The second kappa shape index (κ2) is 5.04. The highest BCUT2D eigenvalue weighted by Crippen LogP contribution is 2.06. The van der Waals surface area contributed by atoms with Crippen LogP contribution in [-0.4, -0.2) is 17.4 Å². The van der Waals surface area contributed by atoms with Gasteiger partial charge in [-0.3, -0.25) is 0 Å². The summed E-state index contributed by atoms with van der Waals surface area (Å²) in [5.41, 5.74) is 6.51. The third-order valence-electron chi connectivity index (χ3n) is 1.56. The van der Waals surface area contributed by atoms with E-state index in [1.165, 1.54) is 6.08 Å². The first kappa shape index (κ1) is 10.3. The van der Waals surface area contributed by atoms with Gasteiger partial charge in [-0.25, -0.2) is 0 Å². The smallest absolute Gasteiger partial charge is 0.102 e. The molecule has 0 radical (unpaired) electrons.